The van der Waals surface area contributed by atoms with Crippen molar-refractivity contribution in [1.82, 2.24) is 3.97 Å². The predicted octanol–water partition coefficient (Wildman–Crippen LogP) is 6.36. The Kier molecular flexibility index (Phi) is 7.28. The van der Waals surface area contributed by atoms with Gasteiger partial charge in [-0.2, -0.15) is 0 Å². The number of hydrogen-bond donors (Lipinski definition) is 1. The highest BCUT2D eigenvalue weighted by Crippen LogP contribution is 2.39. The number of halogens is 2. The van der Waals surface area contributed by atoms with Crippen molar-refractivity contribution in [2.75, 3.05) is 6.61 Å². The molecule has 0 aliphatic carbocycles. The van der Waals surface area contributed by atoms with Crippen molar-refractivity contribution in [3.63, 3.8) is 0 Å². The number of carboxylic acid groups (broad SMARTS) is 1. The fraction of sp³-hybridized carbons (Fsp3) is 0.120. The quantitative estimate of drug-likeness (QED) is 0.207. The molecule has 0 radical (unpaired) electrons. The molecule has 0 unspecified atom stereocenters. The third-order valence-electron chi connectivity index (χ3n) is 5.31. The van der Waals surface area contributed by atoms with Crippen LogP contribution in [0.2, 0.25) is 10.0 Å². The number of carboxylic acids is 1. The lowest BCUT2D eigenvalue weighted by Crippen LogP contribution is -2.20. The van der Waals surface area contributed by atoms with E-state index in [9.17, 15) is 23.1 Å². The van der Waals surface area contributed by atoms with Crippen molar-refractivity contribution in [2.45, 2.75) is 18.7 Å². The molecule has 4 aromatic rings. The molecule has 186 valence electrons. The number of benzene rings is 2. The lowest BCUT2D eigenvalue weighted by Gasteiger charge is -2.12. The molecule has 1 N–H and O–H groups in total. The molecule has 0 amide bonds. The van der Waals surface area contributed by atoms with Crippen LogP contribution in [0.15, 0.2) is 58.8 Å². The number of hydrogen-bond acceptors (Lipinski definition) is 6. The molecular weight excluding hydrogens is 545 g/mol. The van der Waals surface area contributed by atoms with Crippen molar-refractivity contribution >= 4 is 79.1 Å². The first-order chi connectivity index (χ1) is 17.1. The van der Waals surface area contributed by atoms with Gasteiger partial charge >= 0.3 is 11.9 Å². The number of rotatable bonds is 7. The molecule has 0 bridgehead atoms. The molecule has 0 spiro atoms. The number of aromatic nitrogens is 1. The summed E-state index contributed by atoms with van der Waals surface area (Å²) in [5.74, 6) is -2.22. The van der Waals surface area contributed by atoms with Crippen LogP contribution in [-0.4, -0.2) is 36.0 Å². The predicted molar refractivity (Wildman–Crippen MR) is 142 cm³/mol. The maximum atomic E-state index is 13.9. The van der Waals surface area contributed by atoms with Gasteiger partial charge in [0.25, 0.3) is 10.0 Å². The van der Waals surface area contributed by atoms with Gasteiger partial charge in [0.15, 0.2) is 5.69 Å². The van der Waals surface area contributed by atoms with Crippen LogP contribution in [0.25, 0.3) is 22.6 Å². The van der Waals surface area contributed by atoms with Crippen molar-refractivity contribution in [1.29, 1.82) is 0 Å². The molecular formula is C25H19Cl2NO6S2. The third-order valence-corrected chi connectivity index (χ3v) is 8.46. The highest BCUT2D eigenvalue weighted by Gasteiger charge is 2.33. The van der Waals surface area contributed by atoms with E-state index in [0.29, 0.717) is 4.88 Å². The van der Waals surface area contributed by atoms with Gasteiger partial charge in [0.05, 0.1) is 27.6 Å². The molecule has 0 atom stereocenters. The van der Waals surface area contributed by atoms with Gasteiger partial charge in [0, 0.05) is 20.8 Å². The molecule has 2 aromatic heterocycles. The van der Waals surface area contributed by atoms with E-state index < -0.39 is 22.0 Å². The number of aryl methyl sites for hydroxylation is 1. The lowest BCUT2D eigenvalue weighted by atomic mass is 10.1. The second-order valence-corrected chi connectivity index (χ2v) is 11.3. The van der Waals surface area contributed by atoms with E-state index in [1.807, 2.05) is 6.92 Å². The Labute approximate surface area is 221 Å². The number of carbonyl (C=O) groups excluding carboxylic acids is 1. The molecule has 4 rings (SSSR count). The van der Waals surface area contributed by atoms with Gasteiger partial charge in [-0.1, -0.05) is 47.0 Å². The number of thiophene rings is 1. The summed E-state index contributed by atoms with van der Waals surface area (Å²) in [7, 11) is -4.37. The number of fused-ring (bicyclic) bond motifs is 1. The van der Waals surface area contributed by atoms with E-state index >= 15 is 0 Å². The average Bonchev–Trinajstić information content (AvgIpc) is 3.44. The Morgan fingerprint density at radius 2 is 1.83 bits per heavy atom. The van der Waals surface area contributed by atoms with Gasteiger partial charge in [-0.25, -0.2) is 22.0 Å². The fourth-order valence-electron chi connectivity index (χ4n) is 3.75. The number of ether oxygens (including phenoxy) is 1. The SMILES string of the molecule is CCOC(=O)c1c(C=C(C(=O)O)c2cccs2)c2c(Cl)cc(Cl)cc2n1S(=O)(=O)c1ccc(C)cc1. The van der Waals surface area contributed by atoms with E-state index in [1.54, 1.807) is 36.6 Å². The molecule has 11 heteroatoms. The molecule has 2 aromatic carbocycles. The first-order valence-corrected chi connectivity index (χ1v) is 13.7. The summed E-state index contributed by atoms with van der Waals surface area (Å²) in [6.45, 7) is 3.35. The minimum Gasteiger partial charge on any atom is -0.478 e. The lowest BCUT2D eigenvalue weighted by molar-refractivity contribution is -0.130. The van der Waals surface area contributed by atoms with Crippen LogP contribution in [-0.2, 0) is 19.6 Å². The van der Waals surface area contributed by atoms with Crippen LogP contribution in [0.4, 0.5) is 0 Å². The Hall–Kier alpha value is -3.11. The summed E-state index contributed by atoms with van der Waals surface area (Å²) in [6.07, 6.45) is 1.24. The minimum atomic E-state index is -4.37. The van der Waals surface area contributed by atoms with Crippen LogP contribution in [0, 0.1) is 6.92 Å². The van der Waals surface area contributed by atoms with E-state index in [2.05, 4.69) is 0 Å². The van der Waals surface area contributed by atoms with Crippen LogP contribution < -0.4 is 0 Å². The van der Waals surface area contributed by atoms with Crippen molar-refractivity contribution in [3.8, 4) is 0 Å². The van der Waals surface area contributed by atoms with Crippen LogP contribution in [0.3, 0.4) is 0 Å². The zero-order valence-electron chi connectivity index (χ0n) is 19.0. The topological polar surface area (TPSA) is 103 Å². The van der Waals surface area contributed by atoms with Crippen LogP contribution in [0.5, 0.6) is 0 Å². The maximum absolute atomic E-state index is 13.9. The Balaban J connectivity index is 2.19. The largest absolute Gasteiger partial charge is 0.478 e. The maximum Gasteiger partial charge on any atom is 0.356 e. The number of aliphatic carboxylic acids is 1. The second kappa shape index (κ2) is 10.1. The molecule has 2 heterocycles. The summed E-state index contributed by atoms with van der Waals surface area (Å²) in [4.78, 5) is 25.8. The highest BCUT2D eigenvalue weighted by atomic mass is 35.5. The first kappa shape index (κ1) is 26.0. The minimum absolute atomic E-state index is 0.00777. The van der Waals surface area contributed by atoms with Crippen LogP contribution in [0.1, 0.15) is 33.4 Å². The smallest absolute Gasteiger partial charge is 0.356 e. The standard InChI is InChI=1S/C25H19Cl2NO6S2/c1-3-34-25(31)23-18(13-17(24(29)30)21-5-4-10-35-21)22-19(27)11-15(26)12-20(22)28(23)36(32,33)16-8-6-14(2)7-9-16/h4-13H,3H2,1-2H3,(H,29,30). The molecule has 0 aliphatic rings. The van der Waals surface area contributed by atoms with Gasteiger partial charge in [0.2, 0.25) is 0 Å². The summed E-state index contributed by atoms with van der Waals surface area (Å²) in [6, 6.07) is 12.1. The normalized spacial score (nSPS) is 12.2. The highest BCUT2D eigenvalue weighted by molar-refractivity contribution is 7.90. The van der Waals surface area contributed by atoms with Crippen LogP contribution >= 0.6 is 34.5 Å². The summed E-state index contributed by atoms with van der Waals surface area (Å²) in [5, 5.41) is 12.0. The number of nitrogens with zero attached hydrogens (tertiary/aromatic N) is 1. The van der Waals surface area contributed by atoms with Crippen molar-refractivity contribution in [2.24, 2.45) is 0 Å². The zero-order chi connectivity index (χ0) is 26.2. The molecule has 7 nitrogen and oxygen atoms in total. The summed E-state index contributed by atoms with van der Waals surface area (Å²) >= 11 is 13.9. The summed E-state index contributed by atoms with van der Waals surface area (Å²) < 4.78 is 33.9. The van der Waals surface area contributed by atoms with E-state index in [4.69, 9.17) is 27.9 Å². The van der Waals surface area contributed by atoms with Gasteiger partial charge in [-0.05, 0) is 55.6 Å². The second-order valence-electron chi connectivity index (χ2n) is 7.69. The number of carbonyl (C=O) groups is 2. The van der Waals surface area contributed by atoms with Gasteiger partial charge in [0.1, 0.15) is 0 Å². The molecule has 36 heavy (non-hydrogen) atoms. The average molecular weight is 564 g/mol. The first-order valence-electron chi connectivity index (χ1n) is 10.6. The van der Waals surface area contributed by atoms with Gasteiger partial charge in [-0.15, -0.1) is 11.3 Å². The summed E-state index contributed by atoms with van der Waals surface area (Å²) in [5.41, 5.74) is 0.318. The fourth-order valence-corrected chi connectivity index (χ4v) is 6.57. The van der Waals surface area contributed by atoms with E-state index in [0.717, 1.165) is 9.54 Å². The molecule has 0 saturated carbocycles. The van der Waals surface area contributed by atoms with E-state index in [1.165, 1.54) is 41.7 Å². The van der Waals surface area contributed by atoms with Gasteiger partial charge in [-0.3, -0.25) is 0 Å². The van der Waals surface area contributed by atoms with Crippen molar-refractivity contribution in [3.05, 3.63) is 85.7 Å². The van der Waals surface area contributed by atoms with Crippen molar-refractivity contribution < 1.29 is 27.9 Å². The monoisotopic (exact) mass is 563 g/mol. The number of esters is 1. The Morgan fingerprint density at radius 1 is 1.14 bits per heavy atom. The Morgan fingerprint density at radius 3 is 2.42 bits per heavy atom. The van der Waals surface area contributed by atoms with E-state index in [-0.39, 0.29) is 49.3 Å². The zero-order valence-corrected chi connectivity index (χ0v) is 22.1. The van der Waals surface area contributed by atoms with Gasteiger partial charge < -0.3 is 9.84 Å². The molecule has 0 aliphatic heterocycles. The third kappa shape index (κ3) is 4.67. The molecule has 0 saturated heterocycles. The Bertz CT molecular complexity index is 1620. The molecule has 0 fully saturated rings.